The molecule has 2 aromatic rings. The average Bonchev–Trinajstić information content (AvgIpc) is 2.97. The van der Waals surface area contributed by atoms with Gasteiger partial charge < -0.3 is 5.43 Å². The number of hydrogen-bond acceptors (Lipinski definition) is 5. The number of hydrogen-bond donors (Lipinski definition) is 2. The standard InChI is InChI=1S/C14H17N3O2S2/c1-10-13-7-9-20-14(13)6-8-17(10)21(18,19)12-4-2-11(16-15)3-5-12/h2-5,7,9-10,16H,6,8,15H2,1H3. The van der Waals surface area contributed by atoms with Crippen molar-refractivity contribution in [2.24, 2.45) is 5.84 Å². The van der Waals surface area contributed by atoms with Crippen molar-refractivity contribution in [3.05, 3.63) is 46.2 Å². The van der Waals surface area contributed by atoms with Crippen LogP contribution < -0.4 is 11.3 Å². The Kier molecular flexibility index (Phi) is 3.75. The molecule has 0 bridgehead atoms. The summed E-state index contributed by atoms with van der Waals surface area (Å²) in [6.45, 7) is 2.46. The van der Waals surface area contributed by atoms with Gasteiger partial charge in [-0.25, -0.2) is 8.42 Å². The minimum Gasteiger partial charge on any atom is -0.324 e. The number of thiophene rings is 1. The SMILES string of the molecule is CC1c2ccsc2CCN1S(=O)(=O)c1ccc(NN)cc1. The number of benzene rings is 1. The van der Waals surface area contributed by atoms with Crippen LogP contribution in [-0.4, -0.2) is 19.3 Å². The second kappa shape index (κ2) is 5.42. The molecule has 0 saturated carbocycles. The highest BCUT2D eigenvalue weighted by Gasteiger charge is 2.34. The van der Waals surface area contributed by atoms with Gasteiger partial charge in [-0.05, 0) is 54.6 Å². The zero-order chi connectivity index (χ0) is 15.0. The summed E-state index contributed by atoms with van der Waals surface area (Å²) in [6, 6.07) is 8.39. The summed E-state index contributed by atoms with van der Waals surface area (Å²) in [5.41, 5.74) is 4.30. The summed E-state index contributed by atoms with van der Waals surface area (Å²) in [5, 5.41) is 2.03. The molecule has 3 rings (SSSR count). The van der Waals surface area contributed by atoms with Gasteiger partial charge in [-0.2, -0.15) is 4.31 Å². The van der Waals surface area contributed by atoms with Crippen molar-refractivity contribution >= 4 is 27.0 Å². The number of nitrogen functional groups attached to an aromatic ring is 1. The van der Waals surface area contributed by atoms with Gasteiger partial charge in [0.15, 0.2) is 0 Å². The first-order valence-electron chi connectivity index (χ1n) is 6.69. The molecule has 1 aliphatic rings. The van der Waals surface area contributed by atoms with Gasteiger partial charge in [0.2, 0.25) is 10.0 Å². The molecule has 0 fully saturated rings. The van der Waals surface area contributed by atoms with E-state index >= 15 is 0 Å². The first-order chi connectivity index (χ1) is 10.0. The monoisotopic (exact) mass is 323 g/mol. The van der Waals surface area contributed by atoms with Crippen LogP contribution in [0.25, 0.3) is 0 Å². The number of fused-ring (bicyclic) bond motifs is 1. The first kappa shape index (κ1) is 14.5. The highest BCUT2D eigenvalue weighted by atomic mass is 32.2. The summed E-state index contributed by atoms with van der Waals surface area (Å²) in [4.78, 5) is 1.59. The zero-order valence-electron chi connectivity index (χ0n) is 11.6. The summed E-state index contributed by atoms with van der Waals surface area (Å²) >= 11 is 1.70. The number of anilines is 1. The lowest BCUT2D eigenvalue weighted by atomic mass is 10.0. The summed E-state index contributed by atoms with van der Waals surface area (Å²) in [5.74, 6) is 5.31. The number of hydrazine groups is 1. The van der Waals surface area contributed by atoms with Crippen LogP contribution in [0.2, 0.25) is 0 Å². The molecule has 1 atom stereocenters. The number of nitrogens with one attached hydrogen (secondary N) is 1. The normalized spacial score (nSPS) is 19.2. The van der Waals surface area contributed by atoms with Crippen LogP contribution in [0.4, 0.5) is 5.69 Å². The Morgan fingerprint density at radius 1 is 1.29 bits per heavy atom. The van der Waals surface area contributed by atoms with Crippen molar-refractivity contribution in [1.29, 1.82) is 0 Å². The molecular formula is C14H17N3O2S2. The van der Waals surface area contributed by atoms with Crippen molar-refractivity contribution in [2.45, 2.75) is 24.3 Å². The maximum atomic E-state index is 12.8. The molecule has 1 aliphatic heterocycles. The van der Waals surface area contributed by atoms with Gasteiger partial charge in [-0.3, -0.25) is 5.84 Å². The lowest BCUT2D eigenvalue weighted by Gasteiger charge is -2.32. The van der Waals surface area contributed by atoms with Gasteiger partial charge in [0, 0.05) is 23.2 Å². The highest BCUT2D eigenvalue weighted by molar-refractivity contribution is 7.89. The molecule has 2 heterocycles. The van der Waals surface area contributed by atoms with E-state index in [2.05, 4.69) is 5.43 Å². The van der Waals surface area contributed by atoms with Crippen LogP contribution in [-0.2, 0) is 16.4 Å². The quantitative estimate of drug-likeness (QED) is 0.671. The van der Waals surface area contributed by atoms with E-state index in [1.54, 1.807) is 39.9 Å². The van der Waals surface area contributed by atoms with Crippen LogP contribution >= 0.6 is 11.3 Å². The zero-order valence-corrected chi connectivity index (χ0v) is 13.2. The predicted molar refractivity (Wildman–Crippen MR) is 84.6 cm³/mol. The molecule has 112 valence electrons. The Hall–Kier alpha value is -1.41. The largest absolute Gasteiger partial charge is 0.324 e. The highest BCUT2D eigenvalue weighted by Crippen LogP contribution is 2.36. The third-order valence-corrected chi connectivity index (χ3v) is 6.83. The fourth-order valence-corrected chi connectivity index (χ4v) is 5.25. The molecule has 1 aromatic heterocycles. The molecule has 0 saturated heterocycles. The third kappa shape index (κ3) is 2.46. The molecule has 0 radical (unpaired) electrons. The lowest BCUT2D eigenvalue weighted by Crippen LogP contribution is -2.38. The topological polar surface area (TPSA) is 75.4 Å². The fourth-order valence-electron chi connectivity index (χ4n) is 2.67. The molecular weight excluding hydrogens is 306 g/mol. The van der Waals surface area contributed by atoms with Crippen molar-refractivity contribution in [2.75, 3.05) is 12.0 Å². The number of nitrogens with zero attached hydrogens (tertiary/aromatic N) is 1. The number of rotatable bonds is 3. The molecule has 0 amide bonds. The van der Waals surface area contributed by atoms with E-state index in [1.807, 2.05) is 18.4 Å². The van der Waals surface area contributed by atoms with Crippen LogP contribution in [0.3, 0.4) is 0 Å². The third-order valence-electron chi connectivity index (χ3n) is 3.85. The van der Waals surface area contributed by atoms with Crippen LogP contribution in [0.1, 0.15) is 23.4 Å². The molecule has 1 aromatic carbocycles. The second-order valence-electron chi connectivity index (χ2n) is 5.01. The van der Waals surface area contributed by atoms with Crippen LogP contribution in [0.15, 0.2) is 40.6 Å². The maximum Gasteiger partial charge on any atom is 0.243 e. The second-order valence-corrected chi connectivity index (χ2v) is 7.90. The van der Waals surface area contributed by atoms with Crippen LogP contribution in [0.5, 0.6) is 0 Å². The Bertz CT molecular complexity index is 738. The van der Waals surface area contributed by atoms with E-state index in [0.29, 0.717) is 17.1 Å². The summed E-state index contributed by atoms with van der Waals surface area (Å²) in [7, 11) is -3.49. The predicted octanol–water partition coefficient (Wildman–Crippen LogP) is 2.34. The van der Waals surface area contributed by atoms with E-state index in [0.717, 1.165) is 12.0 Å². The molecule has 7 heteroatoms. The van der Waals surface area contributed by atoms with Crippen molar-refractivity contribution < 1.29 is 8.42 Å². The molecule has 1 unspecified atom stereocenters. The van der Waals surface area contributed by atoms with E-state index in [1.165, 1.54) is 4.88 Å². The number of sulfonamides is 1. The van der Waals surface area contributed by atoms with Crippen LogP contribution in [0, 0.1) is 0 Å². The summed E-state index contributed by atoms with van der Waals surface area (Å²) in [6.07, 6.45) is 0.777. The maximum absolute atomic E-state index is 12.8. The van der Waals surface area contributed by atoms with Gasteiger partial charge >= 0.3 is 0 Å². The summed E-state index contributed by atoms with van der Waals surface area (Å²) < 4.78 is 27.2. The van der Waals surface area contributed by atoms with Crippen molar-refractivity contribution in [1.82, 2.24) is 4.31 Å². The molecule has 3 N–H and O–H groups in total. The van der Waals surface area contributed by atoms with Gasteiger partial charge in [0.05, 0.1) is 4.90 Å². The smallest absolute Gasteiger partial charge is 0.243 e. The Balaban J connectivity index is 1.95. The Morgan fingerprint density at radius 2 is 2.00 bits per heavy atom. The molecule has 21 heavy (non-hydrogen) atoms. The molecule has 0 aliphatic carbocycles. The van der Waals surface area contributed by atoms with Crippen molar-refractivity contribution in [3.8, 4) is 0 Å². The van der Waals surface area contributed by atoms with Crippen molar-refractivity contribution in [3.63, 3.8) is 0 Å². The van der Waals surface area contributed by atoms with E-state index in [9.17, 15) is 8.42 Å². The van der Waals surface area contributed by atoms with Gasteiger partial charge in [-0.15, -0.1) is 11.3 Å². The van der Waals surface area contributed by atoms with Gasteiger partial charge in [-0.1, -0.05) is 0 Å². The van der Waals surface area contributed by atoms with E-state index in [-0.39, 0.29) is 6.04 Å². The lowest BCUT2D eigenvalue weighted by molar-refractivity contribution is 0.329. The average molecular weight is 323 g/mol. The van der Waals surface area contributed by atoms with Gasteiger partial charge in [0.25, 0.3) is 0 Å². The molecule has 5 nitrogen and oxygen atoms in total. The molecule has 0 spiro atoms. The van der Waals surface area contributed by atoms with Gasteiger partial charge in [0.1, 0.15) is 0 Å². The Morgan fingerprint density at radius 3 is 2.67 bits per heavy atom. The fraction of sp³-hybridized carbons (Fsp3) is 0.286. The van der Waals surface area contributed by atoms with E-state index in [4.69, 9.17) is 5.84 Å². The van der Waals surface area contributed by atoms with E-state index < -0.39 is 10.0 Å². The number of nitrogens with two attached hydrogens (primary N) is 1. The minimum absolute atomic E-state index is 0.127. The first-order valence-corrected chi connectivity index (χ1v) is 9.01. The Labute approximate surface area is 128 Å². The minimum atomic E-state index is -3.49.